The van der Waals surface area contributed by atoms with Crippen molar-refractivity contribution in [3.05, 3.63) is 46.0 Å². The van der Waals surface area contributed by atoms with Crippen molar-refractivity contribution in [3.63, 3.8) is 0 Å². The minimum atomic E-state index is -0.370. The maximum absolute atomic E-state index is 12.8. The fourth-order valence-corrected chi connectivity index (χ4v) is 0.944. The fourth-order valence-electron chi connectivity index (χ4n) is 0.750. The second kappa shape index (κ2) is 3.36. The first kappa shape index (κ1) is 8.03. The molecule has 0 aromatic heterocycles. The molecular formula is C8H5ClFN. The largest absolute Gasteiger partial charge is 0.312 e. The Morgan fingerprint density at radius 1 is 1.55 bits per heavy atom. The lowest BCUT2D eigenvalue weighted by Gasteiger charge is -1.94. The molecule has 0 radical (unpaired) electrons. The smallest absolute Gasteiger partial charge is 0.242 e. The van der Waals surface area contributed by atoms with Crippen LogP contribution in [0, 0.1) is 12.4 Å². The van der Waals surface area contributed by atoms with Gasteiger partial charge in [0, 0.05) is 5.02 Å². The number of benzene rings is 1. The molecule has 0 spiro atoms. The Kier molecular flexibility index (Phi) is 2.45. The highest BCUT2D eigenvalue weighted by Crippen LogP contribution is 2.15. The molecule has 1 rings (SSSR count). The fraction of sp³-hybridized carbons (Fsp3) is 0.125. The highest BCUT2D eigenvalue weighted by molar-refractivity contribution is 6.30. The summed E-state index contributed by atoms with van der Waals surface area (Å²) in [4.78, 5) is 3.06. The predicted molar refractivity (Wildman–Crippen MR) is 41.7 cm³/mol. The zero-order valence-electron chi connectivity index (χ0n) is 5.64. The van der Waals surface area contributed by atoms with E-state index in [4.69, 9.17) is 18.2 Å². The quantitative estimate of drug-likeness (QED) is 0.570. The number of rotatable bonds is 1. The summed E-state index contributed by atoms with van der Waals surface area (Å²) in [6, 6.07) is 4.20. The Bertz CT molecular complexity index is 303. The molecule has 0 aliphatic rings. The Hall–Kier alpha value is -1.07. The minimum Gasteiger partial charge on any atom is -0.312 e. The number of hydrogen-bond donors (Lipinski definition) is 0. The molecule has 1 aromatic rings. The third-order valence-electron chi connectivity index (χ3n) is 1.26. The Morgan fingerprint density at radius 3 is 2.91 bits per heavy atom. The van der Waals surface area contributed by atoms with E-state index in [1.54, 1.807) is 0 Å². The molecule has 0 N–H and O–H groups in total. The zero-order valence-corrected chi connectivity index (χ0v) is 6.40. The SMILES string of the molecule is [C-]#[N+]Cc1cc(Cl)ccc1F. The number of nitrogens with zero attached hydrogens (tertiary/aromatic N) is 1. The van der Waals surface area contributed by atoms with Crippen LogP contribution in [-0.2, 0) is 6.54 Å². The van der Waals surface area contributed by atoms with Crippen molar-refractivity contribution in [2.75, 3.05) is 0 Å². The summed E-state index contributed by atoms with van der Waals surface area (Å²) < 4.78 is 12.8. The lowest BCUT2D eigenvalue weighted by Crippen LogP contribution is -1.85. The zero-order chi connectivity index (χ0) is 8.27. The van der Waals surface area contributed by atoms with Crippen LogP contribution in [0.15, 0.2) is 18.2 Å². The van der Waals surface area contributed by atoms with E-state index in [1.807, 2.05) is 0 Å². The van der Waals surface area contributed by atoms with Crippen LogP contribution in [-0.4, -0.2) is 0 Å². The van der Waals surface area contributed by atoms with Gasteiger partial charge in [-0.1, -0.05) is 11.6 Å². The molecule has 0 fully saturated rings. The predicted octanol–water partition coefficient (Wildman–Crippen LogP) is 2.90. The van der Waals surface area contributed by atoms with Gasteiger partial charge in [0.2, 0.25) is 6.54 Å². The Labute approximate surface area is 69.2 Å². The van der Waals surface area contributed by atoms with Crippen molar-refractivity contribution in [2.24, 2.45) is 0 Å². The molecule has 0 aliphatic heterocycles. The van der Waals surface area contributed by atoms with Gasteiger partial charge in [0.1, 0.15) is 5.82 Å². The van der Waals surface area contributed by atoms with Crippen LogP contribution in [0.25, 0.3) is 4.85 Å². The monoisotopic (exact) mass is 169 g/mol. The third-order valence-corrected chi connectivity index (χ3v) is 1.49. The molecule has 11 heavy (non-hydrogen) atoms. The molecule has 56 valence electrons. The molecule has 0 aliphatic carbocycles. The normalized spacial score (nSPS) is 9.18. The van der Waals surface area contributed by atoms with Gasteiger partial charge in [0.15, 0.2) is 0 Å². The van der Waals surface area contributed by atoms with Crippen LogP contribution in [0.2, 0.25) is 5.02 Å². The highest BCUT2D eigenvalue weighted by atomic mass is 35.5. The minimum absolute atomic E-state index is 0.0480. The van der Waals surface area contributed by atoms with Crippen LogP contribution in [0.4, 0.5) is 4.39 Å². The van der Waals surface area contributed by atoms with Crippen molar-refractivity contribution in [3.8, 4) is 0 Å². The summed E-state index contributed by atoms with van der Waals surface area (Å²) in [6.07, 6.45) is 0. The van der Waals surface area contributed by atoms with Gasteiger partial charge in [-0.2, -0.15) is 0 Å². The van der Waals surface area contributed by atoms with Crippen LogP contribution >= 0.6 is 11.6 Å². The lowest BCUT2D eigenvalue weighted by molar-refractivity contribution is 0.614. The van der Waals surface area contributed by atoms with Gasteiger partial charge >= 0.3 is 0 Å². The second-order valence-corrected chi connectivity index (χ2v) is 2.49. The average Bonchev–Trinajstić information content (AvgIpc) is 1.98. The molecule has 0 saturated carbocycles. The molecule has 0 amide bonds. The first-order valence-corrected chi connectivity index (χ1v) is 3.39. The maximum atomic E-state index is 12.8. The van der Waals surface area contributed by atoms with Gasteiger partial charge in [-0.15, -0.1) is 0 Å². The van der Waals surface area contributed by atoms with E-state index in [1.165, 1.54) is 18.2 Å². The van der Waals surface area contributed by atoms with Crippen LogP contribution < -0.4 is 0 Å². The van der Waals surface area contributed by atoms with Crippen molar-refractivity contribution in [2.45, 2.75) is 6.54 Å². The van der Waals surface area contributed by atoms with E-state index < -0.39 is 0 Å². The standard InChI is InChI=1S/C8H5ClFN/c1-11-5-6-4-7(9)2-3-8(6)10/h2-4H,5H2. The van der Waals surface area contributed by atoms with Gasteiger partial charge in [-0.25, -0.2) is 11.0 Å². The van der Waals surface area contributed by atoms with E-state index >= 15 is 0 Å². The van der Waals surface area contributed by atoms with Crippen LogP contribution in [0.1, 0.15) is 5.56 Å². The van der Waals surface area contributed by atoms with Gasteiger partial charge in [-0.3, -0.25) is 0 Å². The lowest BCUT2D eigenvalue weighted by atomic mass is 10.2. The molecule has 1 aromatic carbocycles. The molecule has 0 heterocycles. The van der Waals surface area contributed by atoms with E-state index in [9.17, 15) is 4.39 Å². The van der Waals surface area contributed by atoms with Gasteiger partial charge < -0.3 is 4.85 Å². The maximum Gasteiger partial charge on any atom is 0.242 e. The van der Waals surface area contributed by atoms with Crippen molar-refractivity contribution < 1.29 is 4.39 Å². The van der Waals surface area contributed by atoms with Crippen LogP contribution in [0.5, 0.6) is 0 Å². The van der Waals surface area contributed by atoms with Gasteiger partial charge in [0.05, 0.1) is 5.56 Å². The van der Waals surface area contributed by atoms with Crippen LogP contribution in [0.3, 0.4) is 0 Å². The van der Waals surface area contributed by atoms with Gasteiger partial charge in [0.25, 0.3) is 0 Å². The van der Waals surface area contributed by atoms with E-state index in [0.717, 1.165) is 0 Å². The topological polar surface area (TPSA) is 4.36 Å². The number of hydrogen-bond acceptors (Lipinski definition) is 0. The Morgan fingerprint density at radius 2 is 2.27 bits per heavy atom. The van der Waals surface area contributed by atoms with Crippen molar-refractivity contribution in [1.29, 1.82) is 0 Å². The summed E-state index contributed by atoms with van der Waals surface area (Å²) in [5, 5.41) is 0.463. The molecule has 0 bridgehead atoms. The molecule has 1 nitrogen and oxygen atoms in total. The second-order valence-electron chi connectivity index (χ2n) is 2.05. The van der Waals surface area contributed by atoms with E-state index in [-0.39, 0.29) is 12.4 Å². The van der Waals surface area contributed by atoms with Crippen molar-refractivity contribution >= 4 is 11.6 Å². The van der Waals surface area contributed by atoms with Gasteiger partial charge in [-0.05, 0) is 18.2 Å². The number of halogens is 2. The summed E-state index contributed by atoms with van der Waals surface area (Å²) in [5.74, 6) is -0.370. The summed E-state index contributed by atoms with van der Waals surface area (Å²) in [6.45, 7) is 6.57. The summed E-state index contributed by atoms with van der Waals surface area (Å²) in [7, 11) is 0. The first-order chi connectivity index (χ1) is 5.24. The summed E-state index contributed by atoms with van der Waals surface area (Å²) in [5.41, 5.74) is 0.354. The molecule has 0 saturated heterocycles. The third kappa shape index (κ3) is 1.92. The molecular weight excluding hydrogens is 165 g/mol. The Balaban J connectivity index is 3.05. The molecule has 0 atom stereocenters. The first-order valence-electron chi connectivity index (χ1n) is 3.01. The molecule has 3 heteroatoms. The van der Waals surface area contributed by atoms with E-state index in [2.05, 4.69) is 4.85 Å². The average molecular weight is 170 g/mol. The summed E-state index contributed by atoms with van der Waals surface area (Å²) >= 11 is 5.58. The van der Waals surface area contributed by atoms with E-state index in [0.29, 0.717) is 10.6 Å². The molecule has 0 unspecified atom stereocenters. The highest BCUT2D eigenvalue weighted by Gasteiger charge is 2.03. The van der Waals surface area contributed by atoms with Crippen molar-refractivity contribution in [1.82, 2.24) is 0 Å².